The van der Waals surface area contributed by atoms with Crippen LogP contribution < -0.4 is 5.32 Å². The maximum atomic E-state index is 12.8. The minimum absolute atomic E-state index is 0.273. The van der Waals surface area contributed by atoms with Crippen LogP contribution in [0.1, 0.15) is 15.9 Å². The van der Waals surface area contributed by atoms with E-state index in [1.165, 1.54) is 4.31 Å². The zero-order valence-electron chi connectivity index (χ0n) is 17.7. The van der Waals surface area contributed by atoms with Crippen LogP contribution in [0.15, 0.2) is 77.7 Å². The van der Waals surface area contributed by atoms with E-state index in [0.29, 0.717) is 58.9 Å². The second kappa shape index (κ2) is 10.2. The summed E-state index contributed by atoms with van der Waals surface area (Å²) in [5.74, 6) is -0.273. The fourth-order valence-electron chi connectivity index (χ4n) is 3.68. The first-order chi connectivity index (χ1) is 15.8. The average molecular weight is 504 g/mol. The summed E-state index contributed by atoms with van der Waals surface area (Å²) in [5.41, 5.74) is 2.02. The number of rotatable bonds is 6. The molecule has 9 heteroatoms. The summed E-state index contributed by atoms with van der Waals surface area (Å²) >= 11 is 12.1. The molecule has 3 aromatic carbocycles. The van der Waals surface area contributed by atoms with Crippen LogP contribution in [-0.2, 0) is 16.6 Å². The SMILES string of the molecule is O=C(Nc1cc(Cl)ccc1Cl)c1ccc(CN2CCN(S(=O)(=O)c3ccccc3)CC2)cc1. The van der Waals surface area contributed by atoms with Crippen molar-refractivity contribution in [2.75, 3.05) is 31.5 Å². The number of hydrogen-bond donors (Lipinski definition) is 1. The second-order valence-electron chi connectivity index (χ2n) is 7.77. The third-order valence-corrected chi connectivity index (χ3v) is 7.99. The van der Waals surface area contributed by atoms with E-state index in [9.17, 15) is 13.2 Å². The molecule has 1 aliphatic rings. The highest BCUT2D eigenvalue weighted by Gasteiger charge is 2.28. The highest BCUT2D eigenvalue weighted by atomic mass is 35.5. The minimum Gasteiger partial charge on any atom is -0.321 e. The molecule has 0 aromatic heterocycles. The van der Waals surface area contributed by atoms with E-state index in [0.717, 1.165) is 5.56 Å². The fourth-order valence-corrected chi connectivity index (χ4v) is 5.46. The number of hydrogen-bond acceptors (Lipinski definition) is 4. The Morgan fingerprint density at radius 2 is 1.55 bits per heavy atom. The van der Waals surface area contributed by atoms with Gasteiger partial charge >= 0.3 is 0 Å². The van der Waals surface area contributed by atoms with Crippen molar-refractivity contribution in [3.05, 3.63) is 94.0 Å². The van der Waals surface area contributed by atoms with E-state index in [4.69, 9.17) is 23.2 Å². The van der Waals surface area contributed by atoms with E-state index >= 15 is 0 Å². The van der Waals surface area contributed by atoms with E-state index in [2.05, 4.69) is 10.2 Å². The molecule has 1 aliphatic heterocycles. The van der Waals surface area contributed by atoms with Gasteiger partial charge in [-0.3, -0.25) is 9.69 Å². The van der Waals surface area contributed by atoms with Crippen molar-refractivity contribution in [3.63, 3.8) is 0 Å². The van der Waals surface area contributed by atoms with Crippen LogP contribution >= 0.6 is 23.2 Å². The van der Waals surface area contributed by atoms with Crippen LogP contribution in [0.5, 0.6) is 0 Å². The Balaban J connectivity index is 1.33. The Bertz CT molecular complexity index is 1230. The predicted octanol–water partition coefficient (Wildman–Crippen LogP) is 4.75. The first kappa shape index (κ1) is 23.7. The third kappa shape index (κ3) is 5.75. The normalized spacial score (nSPS) is 15.3. The molecule has 0 spiro atoms. The van der Waals surface area contributed by atoms with Gasteiger partial charge in [0.1, 0.15) is 0 Å². The number of nitrogens with one attached hydrogen (secondary N) is 1. The third-order valence-electron chi connectivity index (χ3n) is 5.51. The lowest BCUT2D eigenvalue weighted by Gasteiger charge is -2.34. The first-order valence-corrected chi connectivity index (χ1v) is 12.7. The Hall–Kier alpha value is -2.42. The molecule has 0 atom stereocenters. The molecule has 6 nitrogen and oxygen atoms in total. The van der Waals surface area contributed by atoms with Crippen LogP contribution in [0.25, 0.3) is 0 Å². The molecule has 1 N–H and O–H groups in total. The van der Waals surface area contributed by atoms with Crippen molar-refractivity contribution in [2.24, 2.45) is 0 Å². The van der Waals surface area contributed by atoms with Gasteiger partial charge in [0.25, 0.3) is 5.91 Å². The van der Waals surface area contributed by atoms with Gasteiger partial charge in [0.05, 0.1) is 15.6 Å². The Morgan fingerprint density at radius 1 is 0.879 bits per heavy atom. The first-order valence-electron chi connectivity index (χ1n) is 10.5. The standard InChI is InChI=1S/C24H23Cl2N3O3S/c25-20-10-11-22(26)23(16-20)27-24(30)19-8-6-18(7-9-19)17-28-12-14-29(15-13-28)33(31,32)21-4-2-1-3-5-21/h1-11,16H,12-15,17H2,(H,27,30). The number of carbonyl (C=O) groups is 1. The monoisotopic (exact) mass is 503 g/mol. The van der Waals surface area contributed by atoms with Crippen molar-refractivity contribution in [2.45, 2.75) is 11.4 Å². The lowest BCUT2D eigenvalue weighted by molar-refractivity contribution is 0.102. The average Bonchev–Trinajstić information content (AvgIpc) is 2.83. The zero-order valence-corrected chi connectivity index (χ0v) is 20.1. The summed E-state index contributed by atoms with van der Waals surface area (Å²) in [5, 5.41) is 3.67. The van der Waals surface area contributed by atoms with Gasteiger partial charge < -0.3 is 5.32 Å². The Morgan fingerprint density at radius 3 is 2.21 bits per heavy atom. The molecule has 0 unspecified atom stereocenters. The fraction of sp³-hybridized carbons (Fsp3) is 0.208. The zero-order chi connectivity index (χ0) is 23.4. The van der Waals surface area contributed by atoms with Gasteiger partial charge in [0, 0.05) is 43.3 Å². The van der Waals surface area contributed by atoms with Gasteiger partial charge in [0.2, 0.25) is 10.0 Å². The molecule has 0 aliphatic carbocycles. The van der Waals surface area contributed by atoms with Gasteiger partial charge in [-0.1, -0.05) is 53.5 Å². The molecule has 0 bridgehead atoms. The van der Waals surface area contributed by atoms with Crippen LogP contribution in [0.4, 0.5) is 5.69 Å². The molecule has 33 heavy (non-hydrogen) atoms. The molecule has 172 valence electrons. The summed E-state index contributed by atoms with van der Waals surface area (Å²) in [4.78, 5) is 15.1. The number of halogens is 2. The number of sulfonamides is 1. The van der Waals surface area contributed by atoms with E-state index in [1.54, 1.807) is 60.7 Å². The lowest BCUT2D eigenvalue weighted by Crippen LogP contribution is -2.48. The predicted molar refractivity (Wildman–Crippen MR) is 131 cm³/mol. The molecular weight excluding hydrogens is 481 g/mol. The Kier molecular flexibility index (Phi) is 7.36. The van der Waals surface area contributed by atoms with Crippen LogP contribution in [0, 0.1) is 0 Å². The summed E-state index contributed by atoms with van der Waals surface area (Å²) in [6.45, 7) is 2.85. The van der Waals surface area contributed by atoms with E-state index in [1.807, 2.05) is 12.1 Å². The molecule has 1 amide bonds. The van der Waals surface area contributed by atoms with Crippen molar-refractivity contribution < 1.29 is 13.2 Å². The number of carbonyl (C=O) groups excluding carboxylic acids is 1. The van der Waals surface area contributed by atoms with Crippen molar-refractivity contribution in [3.8, 4) is 0 Å². The van der Waals surface area contributed by atoms with Gasteiger partial charge in [-0.2, -0.15) is 4.31 Å². The highest BCUT2D eigenvalue weighted by molar-refractivity contribution is 7.89. The lowest BCUT2D eigenvalue weighted by atomic mass is 10.1. The number of nitrogens with zero attached hydrogens (tertiary/aromatic N) is 2. The van der Waals surface area contributed by atoms with Gasteiger partial charge in [-0.15, -0.1) is 0 Å². The summed E-state index contributed by atoms with van der Waals surface area (Å²) in [6, 6.07) is 20.7. The number of anilines is 1. The molecule has 1 saturated heterocycles. The van der Waals surface area contributed by atoms with Gasteiger partial charge in [0.15, 0.2) is 0 Å². The van der Waals surface area contributed by atoms with Crippen LogP contribution in [0.2, 0.25) is 10.0 Å². The molecule has 1 heterocycles. The smallest absolute Gasteiger partial charge is 0.255 e. The Labute approximate surface area is 203 Å². The molecule has 0 saturated carbocycles. The maximum Gasteiger partial charge on any atom is 0.255 e. The number of benzene rings is 3. The number of amides is 1. The van der Waals surface area contributed by atoms with E-state index in [-0.39, 0.29) is 5.91 Å². The van der Waals surface area contributed by atoms with Crippen molar-refractivity contribution in [1.82, 2.24) is 9.21 Å². The summed E-state index contributed by atoms with van der Waals surface area (Å²) in [7, 11) is -3.46. The second-order valence-corrected chi connectivity index (χ2v) is 10.6. The largest absolute Gasteiger partial charge is 0.321 e. The molecule has 3 aromatic rings. The van der Waals surface area contributed by atoms with Gasteiger partial charge in [-0.25, -0.2) is 8.42 Å². The molecule has 0 radical (unpaired) electrons. The van der Waals surface area contributed by atoms with Crippen LogP contribution in [0.3, 0.4) is 0 Å². The molecular formula is C24H23Cl2N3O3S. The van der Waals surface area contributed by atoms with Crippen molar-refractivity contribution in [1.29, 1.82) is 0 Å². The van der Waals surface area contributed by atoms with Gasteiger partial charge in [-0.05, 0) is 48.0 Å². The maximum absolute atomic E-state index is 12.8. The van der Waals surface area contributed by atoms with Crippen LogP contribution in [-0.4, -0.2) is 49.7 Å². The molecule has 1 fully saturated rings. The quantitative estimate of drug-likeness (QED) is 0.526. The highest BCUT2D eigenvalue weighted by Crippen LogP contribution is 2.26. The van der Waals surface area contributed by atoms with E-state index < -0.39 is 10.0 Å². The summed E-state index contributed by atoms with van der Waals surface area (Å²) < 4.78 is 27.1. The molecule has 4 rings (SSSR count). The summed E-state index contributed by atoms with van der Waals surface area (Å²) in [6.07, 6.45) is 0. The van der Waals surface area contributed by atoms with Crippen molar-refractivity contribution >= 4 is 44.8 Å². The minimum atomic E-state index is -3.46. The topological polar surface area (TPSA) is 69.7 Å². The number of piperazine rings is 1.